The number of aliphatic hydroxyl groups is 5. The van der Waals surface area contributed by atoms with Gasteiger partial charge in [-0.25, -0.2) is 0 Å². The van der Waals surface area contributed by atoms with Crippen LogP contribution in [0.3, 0.4) is 0 Å². The molecule has 0 rings (SSSR count). The molecular formula is C7H15NO5. The van der Waals surface area contributed by atoms with E-state index in [1.54, 1.807) is 0 Å². The van der Waals surface area contributed by atoms with Crippen molar-refractivity contribution in [2.75, 3.05) is 13.7 Å². The lowest BCUT2D eigenvalue weighted by atomic mass is 10.0. The second-order valence-electron chi connectivity index (χ2n) is 2.63. The monoisotopic (exact) mass is 193 g/mol. The Balaban J connectivity index is 4.15. The van der Waals surface area contributed by atoms with Gasteiger partial charge in [-0.05, 0) is 0 Å². The first kappa shape index (κ1) is 12.5. The Labute approximate surface area is 75.8 Å². The highest BCUT2D eigenvalue weighted by Gasteiger charge is 2.28. The molecule has 0 bridgehead atoms. The average molecular weight is 193 g/mol. The molecule has 0 radical (unpaired) electrons. The van der Waals surface area contributed by atoms with Crippen LogP contribution in [0.2, 0.25) is 0 Å². The smallest absolute Gasteiger partial charge is 0.117 e. The molecule has 0 aromatic rings. The van der Waals surface area contributed by atoms with Crippen LogP contribution >= 0.6 is 0 Å². The molecule has 13 heavy (non-hydrogen) atoms. The van der Waals surface area contributed by atoms with E-state index in [2.05, 4.69) is 4.99 Å². The molecule has 4 atom stereocenters. The molecule has 6 nitrogen and oxygen atoms in total. The van der Waals surface area contributed by atoms with E-state index in [1.165, 1.54) is 7.05 Å². The van der Waals surface area contributed by atoms with Crippen molar-refractivity contribution < 1.29 is 25.5 Å². The molecule has 0 aromatic carbocycles. The fourth-order valence-corrected chi connectivity index (χ4v) is 0.779. The minimum Gasteiger partial charge on any atom is -0.394 e. The summed E-state index contributed by atoms with van der Waals surface area (Å²) in [4.78, 5) is 3.43. The van der Waals surface area contributed by atoms with Gasteiger partial charge in [0.25, 0.3) is 0 Å². The van der Waals surface area contributed by atoms with Crippen molar-refractivity contribution in [3.8, 4) is 0 Å². The molecule has 5 N–H and O–H groups in total. The number of hydrogen-bond donors (Lipinski definition) is 5. The maximum atomic E-state index is 9.16. The zero-order chi connectivity index (χ0) is 10.4. The summed E-state index contributed by atoms with van der Waals surface area (Å²) in [5.74, 6) is 0. The van der Waals surface area contributed by atoms with E-state index in [9.17, 15) is 0 Å². The first-order valence-electron chi connectivity index (χ1n) is 3.80. The standard InChI is InChI=1S/C7H15NO5/c1-8-2-4(10)6(12)7(13)5(11)3-9/h2,4-7,9-13H,3H2,1H3/b8-2-. The van der Waals surface area contributed by atoms with Crippen LogP contribution in [0.25, 0.3) is 0 Å². The van der Waals surface area contributed by atoms with Crippen molar-refractivity contribution in [1.82, 2.24) is 0 Å². The molecule has 0 aliphatic heterocycles. The normalized spacial score (nSPS) is 21.4. The van der Waals surface area contributed by atoms with Crippen molar-refractivity contribution in [3.63, 3.8) is 0 Å². The average Bonchev–Trinajstić information content (AvgIpc) is 2.14. The summed E-state index contributed by atoms with van der Waals surface area (Å²) in [6.45, 7) is -0.686. The molecule has 0 heterocycles. The van der Waals surface area contributed by atoms with Gasteiger partial charge in [-0.15, -0.1) is 0 Å². The van der Waals surface area contributed by atoms with Gasteiger partial charge in [-0.1, -0.05) is 0 Å². The molecule has 0 amide bonds. The Bertz CT molecular complexity index is 163. The number of aliphatic hydroxyl groups excluding tert-OH is 5. The van der Waals surface area contributed by atoms with Gasteiger partial charge in [-0.2, -0.15) is 0 Å². The zero-order valence-corrected chi connectivity index (χ0v) is 7.28. The number of aliphatic imine (C=N–C) groups is 1. The van der Waals surface area contributed by atoms with E-state index >= 15 is 0 Å². The first-order chi connectivity index (χ1) is 6.04. The molecule has 0 aliphatic carbocycles. The van der Waals surface area contributed by atoms with E-state index in [4.69, 9.17) is 25.5 Å². The number of nitrogens with zero attached hydrogens (tertiary/aromatic N) is 1. The summed E-state index contributed by atoms with van der Waals surface area (Å²) in [5.41, 5.74) is 0. The van der Waals surface area contributed by atoms with Crippen LogP contribution < -0.4 is 0 Å². The maximum Gasteiger partial charge on any atom is 0.117 e. The Kier molecular flexibility index (Phi) is 5.76. The third-order valence-corrected chi connectivity index (χ3v) is 1.58. The minimum atomic E-state index is -1.60. The second kappa shape index (κ2) is 6.01. The SMILES string of the molecule is C/N=C\C(O)C(O)C(O)C(O)CO. The van der Waals surface area contributed by atoms with Crippen LogP contribution in [0, 0.1) is 0 Å². The minimum absolute atomic E-state index is 0.686. The van der Waals surface area contributed by atoms with Crippen LogP contribution in [0.15, 0.2) is 4.99 Å². The van der Waals surface area contributed by atoms with Crippen LogP contribution in [0.4, 0.5) is 0 Å². The topological polar surface area (TPSA) is 114 Å². The van der Waals surface area contributed by atoms with E-state index in [1.807, 2.05) is 0 Å². The molecule has 0 fully saturated rings. The summed E-state index contributed by atoms with van der Waals surface area (Å²) in [6.07, 6.45) is -4.97. The van der Waals surface area contributed by atoms with Crippen molar-refractivity contribution in [2.24, 2.45) is 4.99 Å². The lowest BCUT2D eigenvalue weighted by molar-refractivity contribution is -0.0999. The fourth-order valence-electron chi connectivity index (χ4n) is 0.779. The van der Waals surface area contributed by atoms with E-state index < -0.39 is 31.0 Å². The van der Waals surface area contributed by atoms with E-state index in [0.29, 0.717) is 0 Å². The number of rotatable bonds is 5. The van der Waals surface area contributed by atoms with Crippen LogP contribution in [0.1, 0.15) is 0 Å². The Morgan fingerprint density at radius 1 is 1.15 bits per heavy atom. The fraction of sp³-hybridized carbons (Fsp3) is 0.857. The third-order valence-electron chi connectivity index (χ3n) is 1.58. The van der Waals surface area contributed by atoms with Gasteiger partial charge in [0.2, 0.25) is 0 Å². The quantitative estimate of drug-likeness (QED) is 0.301. The van der Waals surface area contributed by atoms with Gasteiger partial charge in [0, 0.05) is 13.3 Å². The van der Waals surface area contributed by atoms with Gasteiger partial charge in [-0.3, -0.25) is 4.99 Å². The van der Waals surface area contributed by atoms with Gasteiger partial charge in [0.15, 0.2) is 0 Å². The van der Waals surface area contributed by atoms with Crippen molar-refractivity contribution >= 4 is 6.21 Å². The summed E-state index contributed by atoms with van der Waals surface area (Å²) in [7, 11) is 1.39. The molecule has 0 aliphatic rings. The highest BCUT2D eigenvalue weighted by molar-refractivity contribution is 5.63. The molecule has 0 saturated heterocycles. The Morgan fingerprint density at radius 3 is 2.08 bits per heavy atom. The predicted octanol–water partition coefficient (Wildman–Crippen LogP) is -2.88. The molecule has 0 spiro atoms. The van der Waals surface area contributed by atoms with Crippen molar-refractivity contribution in [1.29, 1.82) is 0 Å². The van der Waals surface area contributed by atoms with E-state index in [-0.39, 0.29) is 0 Å². The largest absolute Gasteiger partial charge is 0.394 e. The van der Waals surface area contributed by atoms with Crippen LogP contribution in [0.5, 0.6) is 0 Å². The Morgan fingerprint density at radius 2 is 1.69 bits per heavy atom. The maximum absolute atomic E-state index is 9.16. The van der Waals surface area contributed by atoms with Crippen LogP contribution in [-0.4, -0.2) is 69.8 Å². The van der Waals surface area contributed by atoms with Gasteiger partial charge in [0.1, 0.15) is 24.4 Å². The van der Waals surface area contributed by atoms with Gasteiger partial charge >= 0.3 is 0 Å². The molecular weight excluding hydrogens is 178 g/mol. The molecule has 0 saturated carbocycles. The van der Waals surface area contributed by atoms with Crippen molar-refractivity contribution in [2.45, 2.75) is 24.4 Å². The third kappa shape index (κ3) is 3.79. The van der Waals surface area contributed by atoms with Gasteiger partial charge < -0.3 is 25.5 Å². The lowest BCUT2D eigenvalue weighted by Gasteiger charge is -2.23. The number of hydrogen-bond acceptors (Lipinski definition) is 6. The first-order valence-corrected chi connectivity index (χ1v) is 3.80. The molecule has 0 aromatic heterocycles. The summed E-state index contributed by atoms with van der Waals surface area (Å²) >= 11 is 0. The zero-order valence-electron chi connectivity index (χ0n) is 7.28. The summed E-state index contributed by atoms with van der Waals surface area (Å²) in [6, 6.07) is 0. The summed E-state index contributed by atoms with van der Waals surface area (Å²) in [5, 5.41) is 44.7. The highest BCUT2D eigenvalue weighted by Crippen LogP contribution is 2.03. The lowest BCUT2D eigenvalue weighted by Crippen LogP contribution is -2.46. The molecule has 78 valence electrons. The Hall–Kier alpha value is -0.530. The molecule has 4 unspecified atom stereocenters. The highest BCUT2D eigenvalue weighted by atomic mass is 16.4. The van der Waals surface area contributed by atoms with Crippen LogP contribution in [-0.2, 0) is 0 Å². The van der Waals surface area contributed by atoms with E-state index in [0.717, 1.165) is 6.21 Å². The molecule has 6 heteroatoms. The van der Waals surface area contributed by atoms with Gasteiger partial charge in [0.05, 0.1) is 6.61 Å². The summed E-state index contributed by atoms with van der Waals surface area (Å²) < 4.78 is 0. The predicted molar refractivity (Wildman–Crippen MR) is 45.5 cm³/mol. The second-order valence-corrected chi connectivity index (χ2v) is 2.63. The van der Waals surface area contributed by atoms with Crippen molar-refractivity contribution in [3.05, 3.63) is 0 Å².